The van der Waals surface area contributed by atoms with E-state index in [0.29, 0.717) is 17.1 Å². The predicted molar refractivity (Wildman–Crippen MR) is 116 cm³/mol. The summed E-state index contributed by atoms with van der Waals surface area (Å²) in [4.78, 5) is 13.7. The Bertz CT molecular complexity index is 1130. The fraction of sp³-hybridized carbons (Fsp3) is 0.200. The Morgan fingerprint density at radius 2 is 2.10 bits per heavy atom. The summed E-state index contributed by atoms with van der Waals surface area (Å²) < 4.78 is 4.01. The Kier molecular flexibility index (Phi) is 5.68. The maximum Gasteiger partial charge on any atom is 0.242 e. The molecule has 2 N–H and O–H groups in total. The van der Waals surface area contributed by atoms with Gasteiger partial charge in [0.15, 0.2) is 10.6 Å². The van der Waals surface area contributed by atoms with Crippen LogP contribution in [0.5, 0.6) is 0 Å². The summed E-state index contributed by atoms with van der Waals surface area (Å²) in [6.45, 7) is 2.38. The van der Waals surface area contributed by atoms with Gasteiger partial charge < -0.3 is 5.32 Å². The second kappa shape index (κ2) is 8.54. The summed E-state index contributed by atoms with van der Waals surface area (Å²) in [5.74, 6) is 0.593. The molecule has 0 spiro atoms. The number of hydrogen-bond acceptors (Lipinski definition) is 5. The third kappa shape index (κ3) is 4.20. The minimum Gasteiger partial charge on any atom is -0.354 e. The molecule has 1 unspecified atom stereocenters. The number of rotatable bonds is 7. The summed E-state index contributed by atoms with van der Waals surface area (Å²) in [5.41, 5.74) is 2.15. The van der Waals surface area contributed by atoms with E-state index >= 15 is 0 Å². The quantitative estimate of drug-likeness (QED) is 0.443. The zero-order valence-corrected chi connectivity index (χ0v) is 17.4. The van der Waals surface area contributed by atoms with Crippen LogP contribution < -0.4 is 5.32 Å². The van der Waals surface area contributed by atoms with Crippen molar-refractivity contribution in [3.05, 3.63) is 70.6 Å². The second-order valence-electron chi connectivity index (χ2n) is 6.53. The Morgan fingerprint density at radius 3 is 2.79 bits per heavy atom. The van der Waals surface area contributed by atoms with Gasteiger partial charge in [-0.15, -0.1) is 11.3 Å². The largest absolute Gasteiger partial charge is 0.354 e. The number of benzene rings is 1. The van der Waals surface area contributed by atoms with Crippen molar-refractivity contribution in [3.8, 4) is 16.4 Å². The number of hydrogen-bond donors (Lipinski definition) is 2. The van der Waals surface area contributed by atoms with Gasteiger partial charge in [0.2, 0.25) is 5.91 Å². The minimum atomic E-state index is -0.458. The maximum absolute atomic E-state index is 12.7. The van der Waals surface area contributed by atoms with Gasteiger partial charge in [0.1, 0.15) is 6.04 Å². The summed E-state index contributed by atoms with van der Waals surface area (Å²) in [6.07, 6.45) is 4.40. The van der Waals surface area contributed by atoms with Crippen molar-refractivity contribution < 1.29 is 4.79 Å². The van der Waals surface area contributed by atoms with Gasteiger partial charge >= 0.3 is 0 Å². The first-order chi connectivity index (χ1) is 14.1. The Labute approximate surface area is 177 Å². The Hall–Kier alpha value is -3.04. The average Bonchev–Trinajstić information content (AvgIpc) is 3.49. The third-order valence-electron chi connectivity index (χ3n) is 4.63. The van der Waals surface area contributed by atoms with E-state index in [2.05, 4.69) is 20.6 Å². The highest BCUT2D eigenvalue weighted by Gasteiger charge is 2.21. The molecule has 29 heavy (non-hydrogen) atoms. The van der Waals surface area contributed by atoms with Gasteiger partial charge in [0, 0.05) is 18.9 Å². The molecule has 3 aromatic heterocycles. The van der Waals surface area contributed by atoms with Crippen molar-refractivity contribution in [2.24, 2.45) is 0 Å². The van der Waals surface area contributed by atoms with Gasteiger partial charge in [-0.1, -0.05) is 18.2 Å². The van der Waals surface area contributed by atoms with Crippen LogP contribution in [-0.2, 0) is 11.2 Å². The van der Waals surface area contributed by atoms with Crippen LogP contribution in [0.25, 0.3) is 16.4 Å². The summed E-state index contributed by atoms with van der Waals surface area (Å²) in [7, 11) is 0. The van der Waals surface area contributed by atoms with E-state index in [1.165, 1.54) is 0 Å². The molecule has 1 amide bonds. The normalized spacial score (nSPS) is 12.0. The molecular formula is C20H20N6OS2. The molecule has 7 nitrogen and oxygen atoms in total. The minimum absolute atomic E-state index is 0.0894. The fourth-order valence-electron chi connectivity index (χ4n) is 3.08. The number of nitrogens with one attached hydrogen (secondary N) is 2. The van der Waals surface area contributed by atoms with E-state index in [-0.39, 0.29) is 5.91 Å². The van der Waals surface area contributed by atoms with Crippen molar-refractivity contribution in [2.45, 2.75) is 19.4 Å². The highest BCUT2D eigenvalue weighted by Crippen LogP contribution is 2.25. The number of H-pyrrole nitrogens is 1. The van der Waals surface area contributed by atoms with Crippen LogP contribution in [0, 0.1) is 4.77 Å². The molecule has 3 heterocycles. The van der Waals surface area contributed by atoms with Crippen LogP contribution in [0.15, 0.2) is 60.2 Å². The molecular weight excluding hydrogens is 404 g/mol. The molecule has 0 aliphatic heterocycles. The van der Waals surface area contributed by atoms with E-state index in [0.717, 1.165) is 22.5 Å². The molecule has 148 valence electrons. The van der Waals surface area contributed by atoms with Gasteiger partial charge in [0.25, 0.3) is 0 Å². The monoisotopic (exact) mass is 424 g/mol. The zero-order valence-electron chi connectivity index (χ0n) is 15.8. The smallest absolute Gasteiger partial charge is 0.242 e. The van der Waals surface area contributed by atoms with Gasteiger partial charge in [0.05, 0.1) is 10.6 Å². The van der Waals surface area contributed by atoms with Crippen molar-refractivity contribution in [3.63, 3.8) is 0 Å². The number of aromatic amines is 1. The zero-order chi connectivity index (χ0) is 20.2. The molecule has 0 saturated heterocycles. The van der Waals surface area contributed by atoms with E-state index in [4.69, 9.17) is 12.2 Å². The first-order valence-corrected chi connectivity index (χ1v) is 10.5. The molecule has 0 aliphatic rings. The first kappa shape index (κ1) is 19.3. The molecule has 0 radical (unpaired) electrons. The second-order valence-corrected chi connectivity index (χ2v) is 7.87. The van der Waals surface area contributed by atoms with Crippen molar-refractivity contribution in [2.75, 3.05) is 6.54 Å². The molecule has 0 fully saturated rings. The van der Waals surface area contributed by atoms with Crippen molar-refractivity contribution >= 4 is 29.5 Å². The lowest BCUT2D eigenvalue weighted by Gasteiger charge is -2.15. The molecule has 4 aromatic rings. The standard InChI is InChI=1S/C20H20N6OS2/c1-14(26-18(23-24-20(26)28)17-4-2-13-29-17)19(27)21-11-9-15-5-7-16(8-6-15)25-12-3-10-22-25/h2-8,10,12-14H,9,11H2,1H3,(H,21,27)(H,24,28). The molecule has 1 aromatic carbocycles. The van der Waals surface area contributed by atoms with E-state index in [1.54, 1.807) is 22.1 Å². The Balaban J connectivity index is 1.37. The lowest BCUT2D eigenvalue weighted by Crippen LogP contribution is -2.32. The number of thiophene rings is 1. The highest BCUT2D eigenvalue weighted by molar-refractivity contribution is 7.71. The lowest BCUT2D eigenvalue weighted by atomic mass is 10.1. The Morgan fingerprint density at radius 1 is 1.28 bits per heavy atom. The number of nitrogens with zero attached hydrogens (tertiary/aromatic N) is 4. The topological polar surface area (TPSA) is 80.5 Å². The predicted octanol–water partition coefficient (Wildman–Crippen LogP) is 3.77. The van der Waals surface area contributed by atoms with Crippen LogP contribution in [0.2, 0.25) is 0 Å². The highest BCUT2D eigenvalue weighted by atomic mass is 32.1. The number of carbonyl (C=O) groups excluding carboxylic acids is 1. The van der Waals surface area contributed by atoms with E-state index in [9.17, 15) is 4.79 Å². The number of aromatic nitrogens is 5. The molecule has 1 atom stereocenters. The molecule has 0 aliphatic carbocycles. The summed E-state index contributed by atoms with van der Waals surface area (Å²) in [5, 5.41) is 16.3. The summed E-state index contributed by atoms with van der Waals surface area (Å²) >= 11 is 6.90. The number of amides is 1. The van der Waals surface area contributed by atoms with Gasteiger partial charge in [-0.2, -0.15) is 10.2 Å². The fourth-order valence-corrected chi connectivity index (χ4v) is 4.08. The molecule has 0 bridgehead atoms. The van der Waals surface area contributed by atoms with Crippen LogP contribution in [-0.4, -0.2) is 37.0 Å². The maximum atomic E-state index is 12.7. The van der Waals surface area contributed by atoms with Crippen LogP contribution >= 0.6 is 23.6 Å². The average molecular weight is 425 g/mol. The van der Waals surface area contributed by atoms with Gasteiger partial charge in [-0.05, 0) is 60.8 Å². The molecule has 4 rings (SSSR count). The molecule has 9 heteroatoms. The lowest BCUT2D eigenvalue weighted by molar-refractivity contribution is -0.123. The van der Waals surface area contributed by atoms with Crippen LogP contribution in [0.1, 0.15) is 18.5 Å². The van der Waals surface area contributed by atoms with E-state index < -0.39 is 6.04 Å². The SMILES string of the molecule is CC(C(=O)NCCc1ccc(-n2cccn2)cc1)n1c(-c2cccs2)n[nH]c1=S. The third-order valence-corrected chi connectivity index (χ3v) is 5.78. The van der Waals surface area contributed by atoms with E-state index in [1.807, 2.05) is 65.6 Å². The van der Waals surface area contributed by atoms with Crippen LogP contribution in [0.3, 0.4) is 0 Å². The van der Waals surface area contributed by atoms with Gasteiger partial charge in [-0.3, -0.25) is 14.5 Å². The van der Waals surface area contributed by atoms with Crippen molar-refractivity contribution in [1.29, 1.82) is 0 Å². The van der Waals surface area contributed by atoms with Crippen molar-refractivity contribution in [1.82, 2.24) is 29.9 Å². The first-order valence-electron chi connectivity index (χ1n) is 9.21. The molecule has 0 saturated carbocycles. The summed E-state index contributed by atoms with van der Waals surface area (Å²) in [6, 6.07) is 13.5. The number of carbonyl (C=O) groups is 1. The van der Waals surface area contributed by atoms with Crippen LogP contribution in [0.4, 0.5) is 0 Å². The van der Waals surface area contributed by atoms with Gasteiger partial charge in [-0.25, -0.2) is 4.68 Å².